The first-order chi connectivity index (χ1) is 15.7. The van der Waals surface area contributed by atoms with Gasteiger partial charge in [0.1, 0.15) is 17.7 Å². The first-order valence-corrected chi connectivity index (χ1v) is 11.4. The van der Waals surface area contributed by atoms with Crippen molar-refractivity contribution in [1.29, 1.82) is 0 Å². The quantitative estimate of drug-likeness (QED) is 0.622. The van der Waals surface area contributed by atoms with Crippen LogP contribution in [0.1, 0.15) is 56.8 Å². The Hall–Kier alpha value is -2.90. The van der Waals surface area contributed by atoms with E-state index in [1.807, 2.05) is 36.4 Å². The van der Waals surface area contributed by atoms with Crippen LogP contribution in [0.25, 0.3) is 0 Å². The molecule has 33 heavy (non-hydrogen) atoms. The van der Waals surface area contributed by atoms with Crippen LogP contribution in [0, 0.1) is 0 Å². The normalized spacial score (nSPS) is 20.6. The second kappa shape index (κ2) is 10.8. The number of benzene rings is 2. The smallest absolute Gasteiger partial charge is 0.410 e. The Morgan fingerprint density at radius 2 is 1.70 bits per heavy atom. The van der Waals surface area contributed by atoms with Gasteiger partial charge in [0.15, 0.2) is 0 Å². The number of piperidine rings is 1. The maximum Gasteiger partial charge on any atom is 0.410 e. The van der Waals surface area contributed by atoms with Crippen LogP contribution in [0.15, 0.2) is 60.7 Å². The summed E-state index contributed by atoms with van der Waals surface area (Å²) in [4.78, 5) is 27.7. The lowest BCUT2D eigenvalue weighted by atomic mass is 9.85. The molecule has 1 saturated heterocycles. The molecule has 178 valence electrons. The van der Waals surface area contributed by atoms with Gasteiger partial charge in [-0.3, -0.25) is 9.69 Å². The minimum Gasteiger partial charge on any atom is -0.444 e. The predicted molar refractivity (Wildman–Crippen MR) is 126 cm³/mol. The molecule has 0 radical (unpaired) electrons. The second-order valence-electron chi connectivity index (χ2n) is 9.47. The summed E-state index contributed by atoms with van der Waals surface area (Å²) in [5.74, 6) is -0.317. The van der Waals surface area contributed by atoms with E-state index < -0.39 is 42.4 Å². The standard InChI is InChI=1S/C26H34N2O5/c1-26(2,3)33-25(32)28-15-14-20(18-10-6-4-7-11-18)16-22(28)24(31)27-21(17-29)23(30)19-12-8-5-9-13-19/h4-13,20-23,29-30H,14-17H2,1-3H3,(H,27,31)/t20?,21-,22?,23-/m0/s1. The Kier molecular flexibility index (Phi) is 8.10. The lowest BCUT2D eigenvalue weighted by Crippen LogP contribution is -2.56. The molecule has 2 aromatic rings. The molecule has 2 unspecified atom stereocenters. The van der Waals surface area contributed by atoms with E-state index in [9.17, 15) is 19.8 Å². The average Bonchev–Trinajstić information content (AvgIpc) is 2.81. The van der Waals surface area contributed by atoms with Gasteiger partial charge in [-0.15, -0.1) is 0 Å². The van der Waals surface area contributed by atoms with Crippen molar-refractivity contribution in [2.45, 2.75) is 63.3 Å². The van der Waals surface area contributed by atoms with Gasteiger partial charge in [0.2, 0.25) is 5.91 Å². The molecule has 0 saturated carbocycles. The van der Waals surface area contributed by atoms with E-state index >= 15 is 0 Å². The van der Waals surface area contributed by atoms with Gasteiger partial charge in [-0.2, -0.15) is 0 Å². The molecule has 7 nitrogen and oxygen atoms in total. The molecule has 0 spiro atoms. The van der Waals surface area contributed by atoms with E-state index in [1.165, 1.54) is 4.90 Å². The van der Waals surface area contributed by atoms with Crippen molar-refractivity contribution in [3.05, 3.63) is 71.8 Å². The van der Waals surface area contributed by atoms with Crippen molar-refractivity contribution in [2.75, 3.05) is 13.2 Å². The number of aliphatic hydroxyl groups excluding tert-OH is 2. The van der Waals surface area contributed by atoms with Crippen LogP contribution in [0.4, 0.5) is 4.79 Å². The van der Waals surface area contributed by atoms with Gasteiger partial charge in [0.25, 0.3) is 0 Å². The highest BCUT2D eigenvalue weighted by Gasteiger charge is 2.39. The van der Waals surface area contributed by atoms with Crippen LogP contribution in [0.2, 0.25) is 0 Å². The number of ether oxygens (including phenoxy) is 1. The van der Waals surface area contributed by atoms with Crippen LogP contribution < -0.4 is 5.32 Å². The summed E-state index contributed by atoms with van der Waals surface area (Å²) in [6, 6.07) is 17.1. The van der Waals surface area contributed by atoms with Crippen molar-refractivity contribution in [1.82, 2.24) is 10.2 Å². The molecule has 1 aliphatic heterocycles. The maximum atomic E-state index is 13.4. The molecule has 2 amide bonds. The van der Waals surface area contributed by atoms with Crippen LogP contribution in [0.3, 0.4) is 0 Å². The third-order valence-electron chi connectivity index (χ3n) is 5.85. The lowest BCUT2D eigenvalue weighted by molar-refractivity contribution is -0.130. The molecule has 4 atom stereocenters. The first-order valence-electron chi connectivity index (χ1n) is 11.4. The van der Waals surface area contributed by atoms with Gasteiger partial charge in [-0.25, -0.2) is 4.79 Å². The number of carbonyl (C=O) groups is 2. The molecule has 0 aromatic heterocycles. The molecule has 0 bridgehead atoms. The highest BCUT2D eigenvalue weighted by Crippen LogP contribution is 2.33. The maximum absolute atomic E-state index is 13.4. The van der Waals surface area contributed by atoms with E-state index in [4.69, 9.17) is 4.74 Å². The number of hydrogen-bond donors (Lipinski definition) is 3. The number of likely N-dealkylation sites (tertiary alicyclic amines) is 1. The minimum absolute atomic E-state index is 0.104. The summed E-state index contributed by atoms with van der Waals surface area (Å²) in [5, 5.41) is 23.4. The zero-order valence-electron chi connectivity index (χ0n) is 19.5. The fourth-order valence-electron chi connectivity index (χ4n) is 4.17. The summed E-state index contributed by atoms with van der Waals surface area (Å²) in [7, 11) is 0. The largest absolute Gasteiger partial charge is 0.444 e. The van der Waals surface area contributed by atoms with Crippen LogP contribution in [0.5, 0.6) is 0 Å². The first kappa shape index (κ1) is 24.7. The third kappa shape index (κ3) is 6.55. The van der Waals surface area contributed by atoms with Crippen LogP contribution in [-0.2, 0) is 9.53 Å². The van der Waals surface area contributed by atoms with Gasteiger partial charge in [0.05, 0.1) is 12.6 Å². The van der Waals surface area contributed by atoms with Gasteiger partial charge in [-0.05, 0) is 50.7 Å². The third-order valence-corrected chi connectivity index (χ3v) is 5.85. The average molecular weight is 455 g/mol. The zero-order chi connectivity index (χ0) is 24.0. The van der Waals surface area contributed by atoms with E-state index in [0.29, 0.717) is 24.9 Å². The van der Waals surface area contributed by atoms with Crippen LogP contribution >= 0.6 is 0 Å². The molecule has 7 heteroatoms. The van der Waals surface area contributed by atoms with Crippen molar-refractivity contribution >= 4 is 12.0 Å². The monoisotopic (exact) mass is 454 g/mol. The summed E-state index contributed by atoms with van der Waals surface area (Å²) in [6.45, 7) is 5.29. The molecule has 1 aliphatic rings. The van der Waals surface area contributed by atoms with Crippen molar-refractivity contribution in [3.63, 3.8) is 0 Å². The Morgan fingerprint density at radius 3 is 2.27 bits per heavy atom. The van der Waals surface area contributed by atoms with Crippen molar-refractivity contribution in [2.24, 2.45) is 0 Å². The van der Waals surface area contributed by atoms with E-state index in [-0.39, 0.29) is 5.92 Å². The topological polar surface area (TPSA) is 99.1 Å². The highest BCUT2D eigenvalue weighted by molar-refractivity contribution is 5.86. The van der Waals surface area contributed by atoms with Gasteiger partial charge in [0, 0.05) is 6.54 Å². The Labute approximate surface area is 195 Å². The molecule has 3 N–H and O–H groups in total. The van der Waals surface area contributed by atoms with E-state index in [2.05, 4.69) is 5.32 Å². The Morgan fingerprint density at radius 1 is 1.09 bits per heavy atom. The molecule has 3 rings (SSSR count). The second-order valence-corrected chi connectivity index (χ2v) is 9.47. The molecular weight excluding hydrogens is 420 g/mol. The minimum atomic E-state index is -1.08. The number of hydrogen-bond acceptors (Lipinski definition) is 5. The fraction of sp³-hybridized carbons (Fsp3) is 0.462. The number of nitrogens with one attached hydrogen (secondary N) is 1. The Balaban J connectivity index is 1.80. The van der Waals surface area contributed by atoms with E-state index in [1.54, 1.807) is 45.0 Å². The number of rotatable bonds is 6. The zero-order valence-corrected chi connectivity index (χ0v) is 19.5. The molecular formula is C26H34N2O5. The molecule has 1 fully saturated rings. The molecule has 1 heterocycles. The summed E-state index contributed by atoms with van der Waals surface area (Å²) < 4.78 is 5.55. The van der Waals surface area contributed by atoms with Gasteiger partial charge >= 0.3 is 6.09 Å². The number of aliphatic hydroxyl groups is 2. The number of amides is 2. The summed E-state index contributed by atoms with van der Waals surface area (Å²) in [5.41, 5.74) is 1.01. The SMILES string of the molecule is CC(C)(C)OC(=O)N1CCC(c2ccccc2)CC1C(=O)N[C@@H](CO)[C@@H](O)c1ccccc1. The highest BCUT2D eigenvalue weighted by atomic mass is 16.6. The fourth-order valence-corrected chi connectivity index (χ4v) is 4.17. The van der Waals surface area contributed by atoms with Gasteiger partial charge < -0.3 is 20.3 Å². The van der Waals surface area contributed by atoms with Gasteiger partial charge in [-0.1, -0.05) is 60.7 Å². The Bertz CT molecular complexity index is 913. The predicted octanol–water partition coefficient (Wildman–Crippen LogP) is 3.38. The number of nitrogens with zero attached hydrogens (tertiary/aromatic N) is 1. The molecule has 2 aromatic carbocycles. The lowest BCUT2D eigenvalue weighted by Gasteiger charge is -2.40. The van der Waals surface area contributed by atoms with Crippen molar-refractivity contribution in [3.8, 4) is 0 Å². The summed E-state index contributed by atoms with van der Waals surface area (Å²) in [6.07, 6.45) is -0.487. The number of carbonyl (C=O) groups excluding carboxylic acids is 2. The van der Waals surface area contributed by atoms with Crippen molar-refractivity contribution < 1.29 is 24.5 Å². The van der Waals surface area contributed by atoms with E-state index in [0.717, 1.165) is 5.56 Å². The molecule has 0 aliphatic carbocycles. The summed E-state index contributed by atoms with van der Waals surface area (Å²) >= 11 is 0. The van der Waals surface area contributed by atoms with Crippen LogP contribution in [-0.4, -0.2) is 57.9 Å².